The molecular weight excluding hydrogens is 348 g/mol. The van der Waals surface area contributed by atoms with Gasteiger partial charge in [0.05, 0.1) is 5.56 Å². The van der Waals surface area contributed by atoms with Crippen LogP contribution in [0.25, 0.3) is 11.4 Å². The van der Waals surface area contributed by atoms with E-state index in [1.807, 2.05) is 30.3 Å². The normalized spacial score (nSPS) is 10.4. The standard InChI is InChI=1S/C16H11BrN2O3/c17-13-6-7-14(12(8-13)9-20)21-10-15-18-16(19-22-15)11-4-2-1-3-5-11/h1-9H,10H2. The number of aromatic nitrogens is 2. The first-order valence-corrected chi connectivity index (χ1v) is 7.31. The molecule has 1 heterocycles. The van der Waals surface area contributed by atoms with Gasteiger partial charge < -0.3 is 9.26 Å². The summed E-state index contributed by atoms with van der Waals surface area (Å²) in [6, 6.07) is 14.7. The Labute approximate surface area is 135 Å². The maximum absolute atomic E-state index is 11.0. The highest BCUT2D eigenvalue weighted by atomic mass is 79.9. The van der Waals surface area contributed by atoms with Crippen molar-refractivity contribution in [3.05, 3.63) is 64.5 Å². The van der Waals surface area contributed by atoms with Gasteiger partial charge in [-0.15, -0.1) is 0 Å². The van der Waals surface area contributed by atoms with Crippen LogP contribution in [0.1, 0.15) is 16.2 Å². The van der Waals surface area contributed by atoms with Crippen molar-refractivity contribution in [3.8, 4) is 17.1 Å². The molecule has 2 aromatic carbocycles. The highest BCUT2D eigenvalue weighted by Gasteiger charge is 2.10. The second-order valence-electron chi connectivity index (χ2n) is 4.47. The molecule has 3 rings (SSSR count). The largest absolute Gasteiger partial charge is 0.483 e. The van der Waals surface area contributed by atoms with Crippen LogP contribution in [0.5, 0.6) is 5.75 Å². The molecule has 0 saturated heterocycles. The quantitative estimate of drug-likeness (QED) is 0.647. The summed E-state index contributed by atoms with van der Waals surface area (Å²) in [6.07, 6.45) is 0.739. The third kappa shape index (κ3) is 3.23. The van der Waals surface area contributed by atoms with Gasteiger partial charge >= 0.3 is 0 Å². The molecule has 0 unspecified atom stereocenters. The summed E-state index contributed by atoms with van der Waals surface area (Å²) >= 11 is 3.31. The maximum atomic E-state index is 11.0. The van der Waals surface area contributed by atoms with Gasteiger partial charge in [-0.2, -0.15) is 4.98 Å². The van der Waals surface area contributed by atoms with E-state index in [2.05, 4.69) is 26.1 Å². The second kappa shape index (κ2) is 6.53. The van der Waals surface area contributed by atoms with Gasteiger partial charge in [-0.25, -0.2) is 0 Å². The number of nitrogens with zero attached hydrogens (tertiary/aromatic N) is 2. The molecule has 5 nitrogen and oxygen atoms in total. The molecule has 0 saturated carbocycles. The van der Waals surface area contributed by atoms with Gasteiger partial charge in [-0.3, -0.25) is 4.79 Å². The zero-order valence-corrected chi connectivity index (χ0v) is 13.0. The van der Waals surface area contributed by atoms with Crippen molar-refractivity contribution >= 4 is 22.2 Å². The molecular formula is C16H11BrN2O3. The van der Waals surface area contributed by atoms with Crippen LogP contribution in [0.4, 0.5) is 0 Å². The monoisotopic (exact) mass is 358 g/mol. The van der Waals surface area contributed by atoms with E-state index >= 15 is 0 Å². The summed E-state index contributed by atoms with van der Waals surface area (Å²) in [6.45, 7) is 0.0995. The zero-order chi connectivity index (χ0) is 15.4. The van der Waals surface area contributed by atoms with Crippen molar-refractivity contribution in [2.45, 2.75) is 6.61 Å². The lowest BCUT2D eigenvalue weighted by Gasteiger charge is -2.05. The van der Waals surface area contributed by atoms with Gasteiger partial charge in [0.15, 0.2) is 12.9 Å². The number of carbonyl (C=O) groups excluding carboxylic acids is 1. The van der Waals surface area contributed by atoms with Gasteiger partial charge in [0.25, 0.3) is 5.89 Å². The smallest absolute Gasteiger partial charge is 0.264 e. The van der Waals surface area contributed by atoms with Crippen LogP contribution < -0.4 is 4.74 Å². The average Bonchev–Trinajstić information content (AvgIpc) is 3.03. The topological polar surface area (TPSA) is 65.2 Å². The average molecular weight is 359 g/mol. The minimum Gasteiger partial charge on any atom is -0.483 e. The molecule has 0 N–H and O–H groups in total. The van der Waals surface area contributed by atoms with Crippen LogP contribution in [0, 0.1) is 0 Å². The molecule has 0 bridgehead atoms. The molecule has 0 aliphatic rings. The summed E-state index contributed by atoms with van der Waals surface area (Å²) in [4.78, 5) is 15.3. The van der Waals surface area contributed by atoms with E-state index in [4.69, 9.17) is 9.26 Å². The lowest BCUT2D eigenvalue weighted by Crippen LogP contribution is -1.98. The van der Waals surface area contributed by atoms with Gasteiger partial charge in [0.2, 0.25) is 5.82 Å². The third-order valence-corrected chi connectivity index (χ3v) is 3.44. The molecule has 1 aromatic heterocycles. The summed E-state index contributed by atoms with van der Waals surface area (Å²) in [5.74, 6) is 1.32. The molecule has 0 atom stereocenters. The van der Waals surface area contributed by atoms with Crippen LogP contribution in [0.2, 0.25) is 0 Å². The molecule has 0 amide bonds. The number of benzene rings is 2. The van der Waals surface area contributed by atoms with E-state index < -0.39 is 0 Å². The Balaban J connectivity index is 1.73. The predicted molar refractivity (Wildman–Crippen MR) is 83.6 cm³/mol. The van der Waals surface area contributed by atoms with E-state index in [1.54, 1.807) is 18.2 Å². The number of halogens is 1. The van der Waals surface area contributed by atoms with Crippen molar-refractivity contribution in [1.29, 1.82) is 0 Å². The zero-order valence-electron chi connectivity index (χ0n) is 11.4. The van der Waals surface area contributed by atoms with Crippen molar-refractivity contribution < 1.29 is 14.1 Å². The van der Waals surface area contributed by atoms with Crippen LogP contribution in [-0.4, -0.2) is 16.4 Å². The predicted octanol–water partition coefficient (Wildman–Crippen LogP) is 3.89. The molecule has 0 aliphatic heterocycles. The first kappa shape index (κ1) is 14.5. The summed E-state index contributed by atoms with van der Waals surface area (Å²) < 4.78 is 11.5. The lowest BCUT2D eigenvalue weighted by molar-refractivity contribution is 0.111. The second-order valence-corrected chi connectivity index (χ2v) is 5.38. The fraction of sp³-hybridized carbons (Fsp3) is 0.0625. The Morgan fingerprint density at radius 1 is 1.18 bits per heavy atom. The molecule has 0 spiro atoms. The molecule has 22 heavy (non-hydrogen) atoms. The number of ether oxygens (including phenoxy) is 1. The highest BCUT2D eigenvalue weighted by molar-refractivity contribution is 9.10. The van der Waals surface area contributed by atoms with Crippen molar-refractivity contribution in [2.24, 2.45) is 0 Å². The maximum Gasteiger partial charge on any atom is 0.264 e. The van der Waals surface area contributed by atoms with Crippen LogP contribution in [-0.2, 0) is 6.61 Å². The fourth-order valence-corrected chi connectivity index (χ4v) is 2.28. The molecule has 3 aromatic rings. The van der Waals surface area contributed by atoms with E-state index in [1.165, 1.54) is 0 Å². The van der Waals surface area contributed by atoms with E-state index in [0.29, 0.717) is 23.0 Å². The molecule has 0 radical (unpaired) electrons. The number of hydrogen-bond donors (Lipinski definition) is 0. The number of aldehydes is 1. The Kier molecular flexibility index (Phi) is 4.29. The van der Waals surface area contributed by atoms with E-state index in [0.717, 1.165) is 16.3 Å². The van der Waals surface area contributed by atoms with Gasteiger partial charge in [-0.1, -0.05) is 51.4 Å². The van der Waals surface area contributed by atoms with Gasteiger partial charge in [-0.05, 0) is 18.2 Å². The minimum absolute atomic E-state index is 0.0995. The van der Waals surface area contributed by atoms with Crippen molar-refractivity contribution in [2.75, 3.05) is 0 Å². The summed E-state index contributed by atoms with van der Waals surface area (Å²) in [5.41, 5.74) is 1.33. The SMILES string of the molecule is O=Cc1cc(Br)ccc1OCc1nc(-c2ccccc2)no1. The van der Waals surface area contributed by atoms with Gasteiger partial charge in [0, 0.05) is 10.0 Å². The Hall–Kier alpha value is -2.47. The third-order valence-electron chi connectivity index (χ3n) is 2.95. The Bertz CT molecular complexity index is 787. The van der Waals surface area contributed by atoms with E-state index in [-0.39, 0.29) is 6.61 Å². The minimum atomic E-state index is 0.0995. The molecule has 110 valence electrons. The first-order valence-electron chi connectivity index (χ1n) is 6.52. The summed E-state index contributed by atoms with van der Waals surface area (Å²) in [7, 11) is 0. The lowest BCUT2D eigenvalue weighted by atomic mass is 10.2. The van der Waals surface area contributed by atoms with Gasteiger partial charge in [0.1, 0.15) is 5.75 Å². The number of hydrogen-bond acceptors (Lipinski definition) is 5. The van der Waals surface area contributed by atoms with Crippen molar-refractivity contribution in [1.82, 2.24) is 10.1 Å². The molecule has 6 heteroatoms. The number of rotatable bonds is 5. The van der Waals surface area contributed by atoms with Crippen LogP contribution >= 0.6 is 15.9 Å². The van der Waals surface area contributed by atoms with Crippen LogP contribution in [0.15, 0.2) is 57.5 Å². The highest BCUT2D eigenvalue weighted by Crippen LogP contribution is 2.23. The fourth-order valence-electron chi connectivity index (χ4n) is 1.90. The Morgan fingerprint density at radius 3 is 2.77 bits per heavy atom. The first-order chi connectivity index (χ1) is 10.8. The number of carbonyl (C=O) groups is 1. The Morgan fingerprint density at radius 2 is 2.00 bits per heavy atom. The van der Waals surface area contributed by atoms with E-state index in [9.17, 15) is 4.79 Å². The van der Waals surface area contributed by atoms with Crippen molar-refractivity contribution in [3.63, 3.8) is 0 Å². The molecule has 0 fully saturated rings. The molecule has 0 aliphatic carbocycles. The van der Waals surface area contributed by atoms with Crippen LogP contribution in [0.3, 0.4) is 0 Å². The summed E-state index contributed by atoms with van der Waals surface area (Å²) in [5, 5.41) is 3.91.